The minimum absolute atomic E-state index is 0.146. The van der Waals surface area contributed by atoms with Crippen molar-refractivity contribution in [2.24, 2.45) is 0 Å². The van der Waals surface area contributed by atoms with Crippen LogP contribution in [-0.4, -0.2) is 53.7 Å². The highest BCUT2D eigenvalue weighted by atomic mass is 16.5. The van der Waals surface area contributed by atoms with Gasteiger partial charge >= 0.3 is 0 Å². The van der Waals surface area contributed by atoms with Gasteiger partial charge in [-0.1, -0.05) is 12.1 Å². The maximum absolute atomic E-state index is 8.61. The minimum atomic E-state index is 0.146. The van der Waals surface area contributed by atoms with Crippen molar-refractivity contribution in [1.82, 2.24) is 19.9 Å². The highest BCUT2D eigenvalue weighted by Gasteiger charge is 2.28. The Balaban J connectivity index is 2.05. The van der Waals surface area contributed by atoms with Crippen LogP contribution in [0, 0.1) is 11.3 Å². The van der Waals surface area contributed by atoms with E-state index < -0.39 is 0 Å². The molecule has 6 heteroatoms. The number of rotatable bonds is 4. The van der Waals surface area contributed by atoms with Gasteiger partial charge < -0.3 is 9.42 Å². The molecular weight excluding hydrogens is 242 g/mol. The fourth-order valence-corrected chi connectivity index (χ4v) is 2.28. The molecule has 0 spiro atoms. The third-order valence-electron chi connectivity index (χ3n) is 3.72. The lowest BCUT2D eigenvalue weighted by molar-refractivity contribution is 0.108. The van der Waals surface area contributed by atoms with Crippen LogP contribution in [0.25, 0.3) is 0 Å². The number of piperazine rings is 1. The summed E-state index contributed by atoms with van der Waals surface area (Å²) in [5.74, 6) is 1.55. The molecule has 104 valence electrons. The van der Waals surface area contributed by atoms with E-state index in [-0.39, 0.29) is 12.0 Å². The number of hydrogen-bond donors (Lipinski definition) is 0. The van der Waals surface area contributed by atoms with Gasteiger partial charge in [0.15, 0.2) is 5.82 Å². The van der Waals surface area contributed by atoms with Gasteiger partial charge in [0.1, 0.15) is 0 Å². The van der Waals surface area contributed by atoms with Gasteiger partial charge in [0.25, 0.3) is 0 Å². The van der Waals surface area contributed by atoms with Gasteiger partial charge in [-0.25, -0.2) is 0 Å². The molecule has 2 atom stereocenters. The zero-order valence-electron chi connectivity index (χ0n) is 11.8. The molecule has 0 aliphatic carbocycles. The smallest absolute Gasteiger partial charge is 0.229 e. The molecule has 19 heavy (non-hydrogen) atoms. The van der Waals surface area contributed by atoms with Crippen molar-refractivity contribution in [3.05, 3.63) is 11.7 Å². The summed E-state index contributed by atoms with van der Waals surface area (Å²) in [5.41, 5.74) is 0. The summed E-state index contributed by atoms with van der Waals surface area (Å²) in [6.07, 6.45) is 1.28. The van der Waals surface area contributed by atoms with Gasteiger partial charge in [-0.15, -0.1) is 0 Å². The van der Waals surface area contributed by atoms with Crippen LogP contribution in [0.2, 0.25) is 0 Å². The Morgan fingerprint density at radius 2 is 2.26 bits per heavy atom. The maximum atomic E-state index is 8.61. The molecule has 1 saturated heterocycles. The first-order chi connectivity index (χ1) is 9.11. The molecule has 1 aliphatic heterocycles. The Hall–Kier alpha value is -1.45. The second-order valence-electron chi connectivity index (χ2n) is 5.35. The SMILES string of the molecule is CC(CCC#N)c1nc(C2CN(C)CCN2C)no1. The molecule has 6 nitrogen and oxygen atoms in total. The molecule has 0 saturated carbocycles. The standard InChI is InChI=1S/C13H21N5O/c1-10(5-4-6-14)13-15-12(16-19-13)11-9-17(2)7-8-18(11)3/h10-11H,4-5,7-9H2,1-3H3. The predicted molar refractivity (Wildman–Crippen MR) is 70.4 cm³/mol. The zero-order chi connectivity index (χ0) is 13.8. The van der Waals surface area contributed by atoms with E-state index in [1.807, 2.05) is 6.92 Å². The van der Waals surface area contributed by atoms with Gasteiger partial charge in [0.05, 0.1) is 12.1 Å². The largest absolute Gasteiger partial charge is 0.339 e. The lowest BCUT2D eigenvalue weighted by Crippen LogP contribution is -2.45. The molecule has 2 rings (SSSR count). The van der Waals surface area contributed by atoms with Crippen molar-refractivity contribution < 1.29 is 4.52 Å². The van der Waals surface area contributed by atoms with E-state index >= 15 is 0 Å². The van der Waals surface area contributed by atoms with E-state index in [1.165, 1.54) is 0 Å². The summed E-state index contributed by atoms with van der Waals surface area (Å²) in [4.78, 5) is 9.05. The molecule has 1 aromatic heterocycles. The number of hydrogen-bond acceptors (Lipinski definition) is 6. The Morgan fingerprint density at radius 1 is 1.47 bits per heavy atom. The molecule has 2 unspecified atom stereocenters. The molecule has 0 amide bonds. The molecule has 1 fully saturated rings. The lowest BCUT2D eigenvalue weighted by Gasteiger charge is -2.35. The Bertz CT molecular complexity index is 452. The molecule has 1 aliphatic rings. The average molecular weight is 263 g/mol. The number of aromatic nitrogens is 2. The fraction of sp³-hybridized carbons (Fsp3) is 0.769. The normalized spacial score (nSPS) is 23.2. The molecule has 0 aromatic carbocycles. The summed E-state index contributed by atoms with van der Waals surface area (Å²) < 4.78 is 5.34. The van der Waals surface area contributed by atoms with Gasteiger partial charge in [-0.3, -0.25) is 4.90 Å². The number of nitriles is 1. The topological polar surface area (TPSA) is 69.2 Å². The predicted octanol–water partition coefficient (Wildman–Crippen LogP) is 1.40. The Kier molecular flexibility index (Phi) is 4.51. The van der Waals surface area contributed by atoms with E-state index in [4.69, 9.17) is 9.78 Å². The summed E-state index contributed by atoms with van der Waals surface area (Å²) >= 11 is 0. The Morgan fingerprint density at radius 3 is 3.00 bits per heavy atom. The van der Waals surface area contributed by atoms with Crippen LogP contribution in [0.15, 0.2) is 4.52 Å². The fourth-order valence-electron chi connectivity index (χ4n) is 2.28. The molecule has 0 radical (unpaired) electrons. The van der Waals surface area contributed by atoms with Crippen LogP contribution in [-0.2, 0) is 0 Å². The van der Waals surface area contributed by atoms with Crippen LogP contribution >= 0.6 is 0 Å². The van der Waals surface area contributed by atoms with E-state index in [1.54, 1.807) is 0 Å². The zero-order valence-corrected chi connectivity index (χ0v) is 11.8. The van der Waals surface area contributed by atoms with Crippen LogP contribution < -0.4 is 0 Å². The van der Waals surface area contributed by atoms with Gasteiger partial charge in [0, 0.05) is 32.0 Å². The van der Waals surface area contributed by atoms with Crippen LogP contribution in [0.5, 0.6) is 0 Å². The monoisotopic (exact) mass is 263 g/mol. The van der Waals surface area contributed by atoms with Crippen molar-refractivity contribution in [2.75, 3.05) is 33.7 Å². The summed E-state index contributed by atoms with van der Waals surface area (Å²) in [5, 5.41) is 12.7. The highest BCUT2D eigenvalue weighted by molar-refractivity contribution is 5.00. The first kappa shape index (κ1) is 14.0. The molecule has 0 bridgehead atoms. The maximum Gasteiger partial charge on any atom is 0.229 e. The average Bonchev–Trinajstić information content (AvgIpc) is 2.88. The summed E-state index contributed by atoms with van der Waals surface area (Å²) in [6, 6.07) is 2.34. The number of nitrogens with zero attached hydrogens (tertiary/aromatic N) is 5. The van der Waals surface area contributed by atoms with Crippen LogP contribution in [0.1, 0.15) is 43.4 Å². The third-order valence-corrected chi connectivity index (χ3v) is 3.72. The van der Waals surface area contributed by atoms with E-state index in [9.17, 15) is 0 Å². The van der Waals surface area contributed by atoms with Gasteiger partial charge in [-0.05, 0) is 20.5 Å². The Labute approximate surface area is 114 Å². The van der Waals surface area contributed by atoms with Gasteiger partial charge in [-0.2, -0.15) is 10.2 Å². The van der Waals surface area contributed by atoms with Crippen molar-refractivity contribution in [1.29, 1.82) is 5.26 Å². The number of likely N-dealkylation sites (N-methyl/N-ethyl adjacent to an activating group) is 2. The van der Waals surface area contributed by atoms with E-state index in [2.05, 4.69) is 40.1 Å². The van der Waals surface area contributed by atoms with Crippen molar-refractivity contribution in [3.8, 4) is 6.07 Å². The second-order valence-corrected chi connectivity index (χ2v) is 5.35. The lowest BCUT2D eigenvalue weighted by atomic mass is 10.1. The van der Waals surface area contributed by atoms with Crippen LogP contribution in [0.3, 0.4) is 0 Å². The molecule has 0 N–H and O–H groups in total. The van der Waals surface area contributed by atoms with Gasteiger partial charge in [0.2, 0.25) is 5.89 Å². The quantitative estimate of drug-likeness (QED) is 0.817. The summed E-state index contributed by atoms with van der Waals surface area (Å²) in [7, 11) is 4.20. The van der Waals surface area contributed by atoms with Crippen molar-refractivity contribution in [2.45, 2.75) is 31.7 Å². The third kappa shape index (κ3) is 3.31. The highest BCUT2D eigenvalue weighted by Crippen LogP contribution is 2.24. The first-order valence-corrected chi connectivity index (χ1v) is 6.71. The molecular formula is C13H21N5O. The van der Waals surface area contributed by atoms with E-state index in [0.717, 1.165) is 31.9 Å². The van der Waals surface area contributed by atoms with E-state index in [0.29, 0.717) is 12.3 Å². The molecule has 1 aromatic rings. The van der Waals surface area contributed by atoms with Crippen molar-refractivity contribution in [3.63, 3.8) is 0 Å². The second kappa shape index (κ2) is 6.13. The molecule has 2 heterocycles. The van der Waals surface area contributed by atoms with Crippen LogP contribution in [0.4, 0.5) is 0 Å². The minimum Gasteiger partial charge on any atom is -0.339 e. The first-order valence-electron chi connectivity index (χ1n) is 6.71. The summed E-state index contributed by atoms with van der Waals surface area (Å²) in [6.45, 7) is 5.01. The van der Waals surface area contributed by atoms with Crippen molar-refractivity contribution >= 4 is 0 Å².